The minimum Gasteiger partial charge on any atom is -0.456 e. The number of guanidine groups is 1. The Morgan fingerprint density at radius 2 is 1.68 bits per heavy atom. The molecule has 37 heavy (non-hydrogen) atoms. The molecule has 0 saturated heterocycles. The molecular weight excluding hydrogens is 557 g/mol. The van der Waals surface area contributed by atoms with Gasteiger partial charge in [-0.2, -0.15) is 4.99 Å². The van der Waals surface area contributed by atoms with Crippen LogP contribution in [0, 0.1) is 0 Å². The molecule has 0 atom stereocenters. The lowest BCUT2D eigenvalue weighted by molar-refractivity contribution is 0.100. The Balaban J connectivity index is 0.00000241. The average molecular weight is 581 g/mol. The highest BCUT2D eigenvalue weighted by Crippen LogP contribution is 2.30. The molecule has 9 nitrogen and oxygen atoms in total. The Morgan fingerprint density at radius 3 is 2.30 bits per heavy atom. The Kier molecular flexibility index (Phi) is 9.76. The minimum atomic E-state index is -3.72. The topological polar surface area (TPSA) is 154 Å². The van der Waals surface area contributed by atoms with Crippen LogP contribution in [0.25, 0.3) is 11.0 Å². The number of H-pyrrole nitrogens is 1. The number of carbonyl (C=O) groups excluding carboxylic acids is 1. The maximum Gasteiger partial charge on any atom is 0.280 e. The van der Waals surface area contributed by atoms with Crippen LogP contribution in [0.4, 0.5) is 0 Å². The molecule has 0 aliphatic carbocycles. The summed E-state index contributed by atoms with van der Waals surface area (Å²) in [5.74, 6) is 0.0443. The zero-order valence-electron chi connectivity index (χ0n) is 19.4. The van der Waals surface area contributed by atoms with Crippen LogP contribution in [0.15, 0.2) is 76.6 Å². The number of sulfone groups is 1. The summed E-state index contributed by atoms with van der Waals surface area (Å²) in [5.41, 5.74) is 13.1. The van der Waals surface area contributed by atoms with E-state index in [1.165, 1.54) is 18.2 Å². The molecule has 5 N–H and O–H groups in total. The maximum atomic E-state index is 12.3. The summed E-state index contributed by atoms with van der Waals surface area (Å²) in [7, 11) is -3.72. The van der Waals surface area contributed by atoms with Crippen molar-refractivity contribution in [3.63, 3.8) is 0 Å². The number of nitrogens with one attached hydrogen (secondary N) is 1. The Labute approximate surface area is 231 Å². The average Bonchev–Trinajstić information content (AvgIpc) is 3.21. The van der Waals surface area contributed by atoms with Gasteiger partial charge in [-0.3, -0.25) is 4.79 Å². The summed E-state index contributed by atoms with van der Waals surface area (Å²) < 4.78 is 30.4. The van der Waals surface area contributed by atoms with Gasteiger partial charge < -0.3 is 21.2 Å². The van der Waals surface area contributed by atoms with E-state index in [4.69, 9.17) is 28.4 Å². The maximum absolute atomic E-state index is 12.3. The van der Waals surface area contributed by atoms with Crippen molar-refractivity contribution >= 4 is 74.6 Å². The number of ether oxygens (including phenoxy) is 1. The number of thiocarbonyl (C=S) groups is 1. The van der Waals surface area contributed by atoms with E-state index in [1.807, 2.05) is 24.3 Å². The van der Waals surface area contributed by atoms with Crippen molar-refractivity contribution in [3.05, 3.63) is 83.7 Å². The van der Waals surface area contributed by atoms with Gasteiger partial charge in [-0.25, -0.2) is 13.4 Å². The van der Waals surface area contributed by atoms with Crippen LogP contribution in [-0.4, -0.2) is 41.4 Å². The van der Waals surface area contributed by atoms with Gasteiger partial charge in [0.1, 0.15) is 22.2 Å². The number of aliphatic imine (C=N–C) groups is 1. The van der Waals surface area contributed by atoms with Crippen LogP contribution in [0.3, 0.4) is 0 Å². The van der Waals surface area contributed by atoms with E-state index in [-0.39, 0.29) is 41.0 Å². The summed E-state index contributed by atoms with van der Waals surface area (Å²) in [6, 6.07) is 18.6. The number of rotatable bonds is 7. The number of halogens is 2. The molecule has 0 aliphatic heterocycles. The van der Waals surface area contributed by atoms with Crippen LogP contribution in [0.1, 0.15) is 21.7 Å². The summed E-state index contributed by atoms with van der Waals surface area (Å²) in [6.07, 6.45) is 1.48. The van der Waals surface area contributed by atoms with Crippen molar-refractivity contribution in [2.24, 2.45) is 16.5 Å². The largest absolute Gasteiger partial charge is 0.456 e. The Bertz CT molecular complexity index is 1550. The van der Waals surface area contributed by atoms with Crippen molar-refractivity contribution in [1.82, 2.24) is 9.97 Å². The predicted molar refractivity (Wildman–Crippen MR) is 152 cm³/mol. The molecule has 0 saturated carbocycles. The molecule has 4 aromatic rings. The predicted octanol–water partition coefficient (Wildman–Crippen LogP) is 3.98. The van der Waals surface area contributed by atoms with Crippen LogP contribution in [0.5, 0.6) is 11.5 Å². The molecular formula is C24H23Cl2N5O4S2. The zero-order chi connectivity index (χ0) is 25.2. The van der Waals surface area contributed by atoms with E-state index >= 15 is 0 Å². The number of imidazole rings is 1. The number of amides is 1. The van der Waals surface area contributed by atoms with Gasteiger partial charge >= 0.3 is 0 Å². The summed E-state index contributed by atoms with van der Waals surface area (Å²) in [6.45, 7) is 0. The lowest BCUT2D eigenvalue weighted by Gasteiger charge is -2.12. The SMILES string of the molecule is CS(=O)(=O)c1cc(C(=O)N=C(N)N)ccc1Oc1ccc(C(=S)Cc2nc3ccccc3[nH]2)cc1.Cl.Cl. The van der Waals surface area contributed by atoms with Crippen LogP contribution in [0.2, 0.25) is 0 Å². The highest BCUT2D eigenvalue weighted by atomic mass is 35.5. The third-order valence-corrected chi connectivity index (χ3v) is 6.49. The van der Waals surface area contributed by atoms with Gasteiger partial charge in [0.25, 0.3) is 5.91 Å². The second-order valence-corrected chi connectivity index (χ2v) is 10.2. The van der Waals surface area contributed by atoms with Gasteiger partial charge in [0.05, 0.1) is 11.0 Å². The minimum absolute atomic E-state index is 0. The number of benzene rings is 3. The van der Waals surface area contributed by atoms with Crippen molar-refractivity contribution in [3.8, 4) is 11.5 Å². The number of nitrogens with two attached hydrogens (primary N) is 2. The third-order valence-electron chi connectivity index (χ3n) is 4.99. The first-order valence-electron chi connectivity index (χ1n) is 10.3. The van der Waals surface area contributed by atoms with Gasteiger partial charge in [-0.15, -0.1) is 24.8 Å². The third kappa shape index (κ3) is 7.26. The lowest BCUT2D eigenvalue weighted by atomic mass is 10.1. The molecule has 194 valence electrons. The molecule has 4 rings (SSSR count). The van der Waals surface area contributed by atoms with E-state index in [9.17, 15) is 13.2 Å². The first-order valence-corrected chi connectivity index (χ1v) is 12.6. The number of nitrogens with zero attached hydrogens (tertiary/aromatic N) is 2. The molecule has 13 heteroatoms. The zero-order valence-corrected chi connectivity index (χ0v) is 22.6. The number of fused-ring (bicyclic) bond motifs is 1. The Morgan fingerprint density at radius 1 is 1.03 bits per heavy atom. The summed E-state index contributed by atoms with van der Waals surface area (Å²) in [5, 5.41) is 0. The fourth-order valence-electron chi connectivity index (χ4n) is 3.38. The fourth-order valence-corrected chi connectivity index (χ4v) is 4.47. The van der Waals surface area contributed by atoms with E-state index in [1.54, 1.807) is 24.3 Å². The number of carbonyl (C=O) groups is 1. The van der Waals surface area contributed by atoms with E-state index < -0.39 is 21.7 Å². The molecule has 0 spiro atoms. The van der Waals surface area contributed by atoms with Crippen molar-refractivity contribution in [2.75, 3.05) is 6.26 Å². The monoisotopic (exact) mass is 579 g/mol. The standard InChI is InChI=1S/C24H21N5O4S2.2ClH/c1-35(31,32)21-12-15(23(30)29-24(25)26)8-11-19(21)33-16-9-6-14(7-10-16)20(34)13-22-27-17-4-2-3-5-18(17)28-22;;/h2-12H,13H2,1H3,(H,27,28)(H4,25,26,29,30);2*1H. The van der Waals surface area contributed by atoms with Crippen molar-refractivity contribution < 1.29 is 17.9 Å². The van der Waals surface area contributed by atoms with Crippen LogP contribution >= 0.6 is 37.0 Å². The number of aromatic nitrogens is 2. The number of hydrogen-bond donors (Lipinski definition) is 3. The van der Waals surface area contributed by atoms with E-state index in [2.05, 4.69) is 15.0 Å². The lowest BCUT2D eigenvalue weighted by Crippen LogP contribution is -2.24. The van der Waals surface area contributed by atoms with Gasteiger partial charge in [0.2, 0.25) is 0 Å². The van der Waals surface area contributed by atoms with E-state index in [0.717, 1.165) is 28.7 Å². The molecule has 1 aromatic heterocycles. The van der Waals surface area contributed by atoms with Crippen LogP contribution < -0.4 is 16.2 Å². The van der Waals surface area contributed by atoms with Gasteiger partial charge in [0.15, 0.2) is 15.8 Å². The molecule has 0 radical (unpaired) electrons. The molecule has 1 heterocycles. The smallest absolute Gasteiger partial charge is 0.280 e. The number of para-hydroxylation sites is 2. The normalized spacial score (nSPS) is 10.6. The first kappa shape index (κ1) is 29.7. The van der Waals surface area contributed by atoms with Crippen molar-refractivity contribution in [1.29, 1.82) is 0 Å². The fraction of sp³-hybridized carbons (Fsp3) is 0.0833. The summed E-state index contributed by atoms with van der Waals surface area (Å²) in [4.78, 5) is 23.8. The van der Waals surface area contributed by atoms with E-state index in [0.29, 0.717) is 17.0 Å². The summed E-state index contributed by atoms with van der Waals surface area (Å²) >= 11 is 5.58. The molecule has 3 aromatic carbocycles. The first-order chi connectivity index (χ1) is 16.6. The Hall–Kier alpha value is -3.51. The highest BCUT2D eigenvalue weighted by Gasteiger charge is 2.19. The number of aromatic amines is 1. The molecule has 0 fully saturated rings. The van der Waals surface area contributed by atoms with Crippen molar-refractivity contribution in [2.45, 2.75) is 11.3 Å². The molecule has 0 aliphatic rings. The second-order valence-electron chi connectivity index (χ2n) is 7.70. The molecule has 1 amide bonds. The van der Waals surface area contributed by atoms with Gasteiger partial charge in [0, 0.05) is 23.1 Å². The van der Waals surface area contributed by atoms with Crippen LogP contribution in [-0.2, 0) is 16.3 Å². The second kappa shape index (κ2) is 12.2. The highest BCUT2D eigenvalue weighted by molar-refractivity contribution is 7.90. The molecule has 0 bridgehead atoms. The molecule has 0 unspecified atom stereocenters. The van der Waals surface area contributed by atoms with Gasteiger partial charge in [-0.1, -0.05) is 36.5 Å². The quantitative estimate of drug-likeness (QED) is 0.128. The van der Waals surface area contributed by atoms with Gasteiger partial charge in [-0.05, 0) is 48.0 Å². The number of hydrogen-bond acceptors (Lipinski definition) is 6.